The van der Waals surface area contributed by atoms with E-state index in [0.717, 1.165) is 34.8 Å². The van der Waals surface area contributed by atoms with Gasteiger partial charge in [-0.2, -0.15) is 0 Å². The number of nitrogens with zero attached hydrogens (tertiary/aromatic N) is 3. The SMILES string of the molecule is CCCc1ccc(-c2cn3c(C)cc(C)nc3n2)cc1. The molecule has 3 rings (SSSR count). The largest absolute Gasteiger partial charge is 0.288 e. The lowest BCUT2D eigenvalue weighted by molar-refractivity contribution is 0.922. The Morgan fingerprint density at radius 1 is 1.05 bits per heavy atom. The summed E-state index contributed by atoms with van der Waals surface area (Å²) < 4.78 is 2.04. The number of rotatable bonds is 3. The van der Waals surface area contributed by atoms with Crippen LogP contribution in [0.2, 0.25) is 0 Å². The second kappa shape index (κ2) is 5.08. The maximum absolute atomic E-state index is 4.63. The number of hydrogen-bond acceptors (Lipinski definition) is 2. The predicted molar refractivity (Wildman–Crippen MR) is 81.9 cm³/mol. The van der Waals surface area contributed by atoms with E-state index in [4.69, 9.17) is 0 Å². The fourth-order valence-electron chi connectivity index (χ4n) is 2.54. The van der Waals surface area contributed by atoms with Crippen LogP contribution in [0.15, 0.2) is 36.5 Å². The highest BCUT2D eigenvalue weighted by atomic mass is 15.1. The normalized spacial score (nSPS) is 11.2. The highest BCUT2D eigenvalue weighted by molar-refractivity contribution is 5.62. The quantitative estimate of drug-likeness (QED) is 0.717. The molecule has 0 N–H and O–H groups in total. The van der Waals surface area contributed by atoms with Gasteiger partial charge in [-0.3, -0.25) is 4.40 Å². The third-order valence-electron chi connectivity index (χ3n) is 3.55. The molecule has 0 aliphatic rings. The van der Waals surface area contributed by atoms with Gasteiger partial charge in [-0.05, 0) is 31.9 Å². The van der Waals surface area contributed by atoms with Gasteiger partial charge in [0, 0.05) is 23.1 Å². The molecule has 3 heteroatoms. The lowest BCUT2D eigenvalue weighted by Crippen LogP contribution is -1.94. The highest BCUT2D eigenvalue weighted by Gasteiger charge is 2.07. The van der Waals surface area contributed by atoms with Crippen molar-refractivity contribution < 1.29 is 0 Å². The number of aromatic nitrogens is 3. The van der Waals surface area contributed by atoms with Gasteiger partial charge in [0.1, 0.15) is 0 Å². The molecule has 0 aliphatic heterocycles. The molecule has 2 aromatic heterocycles. The van der Waals surface area contributed by atoms with Crippen molar-refractivity contribution >= 4 is 5.78 Å². The summed E-state index contributed by atoms with van der Waals surface area (Å²) in [6.45, 7) is 6.28. The van der Waals surface area contributed by atoms with E-state index < -0.39 is 0 Å². The van der Waals surface area contributed by atoms with E-state index in [-0.39, 0.29) is 0 Å². The lowest BCUT2D eigenvalue weighted by atomic mass is 10.1. The summed E-state index contributed by atoms with van der Waals surface area (Å²) in [6.07, 6.45) is 4.37. The number of hydrogen-bond donors (Lipinski definition) is 0. The Morgan fingerprint density at radius 2 is 1.80 bits per heavy atom. The molecule has 2 heterocycles. The molecule has 3 nitrogen and oxygen atoms in total. The Hall–Kier alpha value is -2.16. The summed E-state index contributed by atoms with van der Waals surface area (Å²) in [6, 6.07) is 10.7. The molecule has 3 aromatic rings. The number of fused-ring (bicyclic) bond motifs is 1. The van der Waals surface area contributed by atoms with Crippen LogP contribution in [0.3, 0.4) is 0 Å². The summed E-state index contributed by atoms with van der Waals surface area (Å²) in [7, 11) is 0. The van der Waals surface area contributed by atoms with Crippen LogP contribution in [0, 0.1) is 13.8 Å². The van der Waals surface area contributed by atoms with Crippen molar-refractivity contribution in [1.82, 2.24) is 14.4 Å². The fraction of sp³-hybridized carbons (Fsp3) is 0.294. The van der Waals surface area contributed by atoms with Crippen LogP contribution in [0.4, 0.5) is 0 Å². The van der Waals surface area contributed by atoms with Crippen molar-refractivity contribution in [2.75, 3.05) is 0 Å². The first kappa shape index (κ1) is 12.9. The van der Waals surface area contributed by atoms with Gasteiger partial charge in [0.05, 0.1) is 5.69 Å². The standard InChI is InChI=1S/C17H19N3/c1-4-5-14-6-8-15(9-7-14)16-11-20-13(3)10-12(2)18-17(20)19-16/h6-11H,4-5H2,1-3H3. The molecular formula is C17H19N3. The van der Waals surface area contributed by atoms with Gasteiger partial charge >= 0.3 is 0 Å². The van der Waals surface area contributed by atoms with Gasteiger partial charge in [-0.25, -0.2) is 9.97 Å². The van der Waals surface area contributed by atoms with Crippen LogP contribution in [0.25, 0.3) is 17.0 Å². The van der Waals surface area contributed by atoms with Crippen LogP contribution in [-0.4, -0.2) is 14.4 Å². The van der Waals surface area contributed by atoms with Crippen LogP contribution < -0.4 is 0 Å². The van der Waals surface area contributed by atoms with Crippen molar-refractivity contribution in [1.29, 1.82) is 0 Å². The zero-order chi connectivity index (χ0) is 14.1. The Morgan fingerprint density at radius 3 is 2.50 bits per heavy atom. The summed E-state index contributed by atoms with van der Waals surface area (Å²) in [5, 5.41) is 0. The van der Waals surface area contributed by atoms with E-state index in [1.807, 2.05) is 11.3 Å². The molecule has 102 valence electrons. The Bertz CT molecular complexity index is 739. The van der Waals surface area contributed by atoms with Crippen LogP contribution in [-0.2, 0) is 6.42 Å². The van der Waals surface area contributed by atoms with Crippen molar-refractivity contribution in [3.05, 3.63) is 53.5 Å². The molecule has 0 spiro atoms. The van der Waals surface area contributed by atoms with Gasteiger partial charge in [0.25, 0.3) is 0 Å². The summed E-state index contributed by atoms with van der Waals surface area (Å²) in [5.74, 6) is 0.773. The van der Waals surface area contributed by atoms with Crippen molar-refractivity contribution in [3.8, 4) is 11.3 Å². The monoisotopic (exact) mass is 265 g/mol. The second-order valence-electron chi connectivity index (χ2n) is 5.28. The van der Waals surface area contributed by atoms with E-state index in [1.165, 1.54) is 12.0 Å². The fourth-order valence-corrected chi connectivity index (χ4v) is 2.54. The predicted octanol–water partition coefficient (Wildman–Crippen LogP) is 3.97. The first-order valence-electron chi connectivity index (χ1n) is 7.10. The average molecular weight is 265 g/mol. The Labute approximate surface area is 119 Å². The molecule has 0 aliphatic carbocycles. The van der Waals surface area contributed by atoms with Crippen LogP contribution in [0.5, 0.6) is 0 Å². The van der Waals surface area contributed by atoms with Crippen LogP contribution in [0.1, 0.15) is 30.3 Å². The van der Waals surface area contributed by atoms with Crippen molar-refractivity contribution in [3.63, 3.8) is 0 Å². The molecule has 0 saturated heterocycles. The summed E-state index contributed by atoms with van der Waals surface area (Å²) in [5.41, 5.74) is 5.67. The minimum absolute atomic E-state index is 0.773. The first-order valence-corrected chi connectivity index (χ1v) is 7.10. The molecule has 0 amide bonds. The molecule has 0 radical (unpaired) electrons. The summed E-state index contributed by atoms with van der Waals surface area (Å²) in [4.78, 5) is 9.11. The molecule has 1 aromatic carbocycles. The highest BCUT2D eigenvalue weighted by Crippen LogP contribution is 2.20. The molecule has 0 atom stereocenters. The van der Waals surface area contributed by atoms with Gasteiger partial charge in [0.2, 0.25) is 5.78 Å². The minimum Gasteiger partial charge on any atom is -0.288 e. The number of benzene rings is 1. The zero-order valence-electron chi connectivity index (χ0n) is 12.2. The Balaban J connectivity index is 2.03. The van der Waals surface area contributed by atoms with Gasteiger partial charge in [-0.15, -0.1) is 0 Å². The molecule has 0 bridgehead atoms. The van der Waals surface area contributed by atoms with Gasteiger partial charge in [-0.1, -0.05) is 37.6 Å². The second-order valence-corrected chi connectivity index (χ2v) is 5.28. The maximum atomic E-state index is 4.63. The van der Waals surface area contributed by atoms with Crippen LogP contribution >= 0.6 is 0 Å². The van der Waals surface area contributed by atoms with Crippen molar-refractivity contribution in [2.24, 2.45) is 0 Å². The average Bonchev–Trinajstić information content (AvgIpc) is 2.84. The number of aryl methyl sites for hydroxylation is 3. The zero-order valence-corrected chi connectivity index (χ0v) is 12.2. The summed E-state index contributed by atoms with van der Waals surface area (Å²) >= 11 is 0. The van der Waals surface area contributed by atoms with E-state index in [2.05, 4.69) is 60.3 Å². The Kier molecular flexibility index (Phi) is 3.26. The molecular weight excluding hydrogens is 246 g/mol. The molecule has 0 unspecified atom stereocenters. The van der Waals surface area contributed by atoms with E-state index in [0.29, 0.717) is 0 Å². The van der Waals surface area contributed by atoms with E-state index in [9.17, 15) is 0 Å². The number of imidazole rings is 1. The van der Waals surface area contributed by atoms with Crippen molar-refractivity contribution in [2.45, 2.75) is 33.6 Å². The maximum Gasteiger partial charge on any atom is 0.234 e. The van der Waals surface area contributed by atoms with Gasteiger partial charge < -0.3 is 0 Å². The molecule has 20 heavy (non-hydrogen) atoms. The van der Waals surface area contributed by atoms with E-state index in [1.54, 1.807) is 0 Å². The van der Waals surface area contributed by atoms with E-state index >= 15 is 0 Å². The lowest BCUT2D eigenvalue weighted by Gasteiger charge is -2.00. The third kappa shape index (κ3) is 2.31. The molecule has 0 saturated carbocycles. The van der Waals surface area contributed by atoms with Gasteiger partial charge in [0.15, 0.2) is 0 Å². The first-order chi connectivity index (χ1) is 9.67. The minimum atomic E-state index is 0.773. The molecule has 0 fully saturated rings. The third-order valence-corrected chi connectivity index (χ3v) is 3.55. The topological polar surface area (TPSA) is 30.2 Å². The smallest absolute Gasteiger partial charge is 0.234 e.